The molecule has 2 amide bonds. The normalized spacial score (nSPS) is 24.2. The average molecular weight is 343 g/mol. The van der Waals surface area contributed by atoms with Crippen LogP contribution in [0.15, 0.2) is 24.3 Å². The van der Waals surface area contributed by atoms with Crippen LogP contribution in [0.1, 0.15) is 18.4 Å². The van der Waals surface area contributed by atoms with Gasteiger partial charge in [-0.25, -0.2) is 0 Å². The molecule has 3 N–H and O–H groups in total. The molecule has 2 atom stereocenters. The third-order valence-electron chi connectivity index (χ3n) is 4.26. The Labute approximate surface area is 146 Å². The Morgan fingerprint density at radius 2 is 2.20 bits per heavy atom. The van der Waals surface area contributed by atoms with Crippen LogP contribution in [-0.4, -0.2) is 55.3 Å². The summed E-state index contributed by atoms with van der Waals surface area (Å²) in [5.41, 5.74) is 1.05. The van der Waals surface area contributed by atoms with Crippen LogP contribution in [-0.2, 0) is 14.3 Å². The fourth-order valence-electron chi connectivity index (χ4n) is 3.06. The predicted molar refractivity (Wildman–Crippen MR) is 90.3 cm³/mol. The number of hydrogen-bond acceptors (Lipinski definition) is 6. The van der Waals surface area contributed by atoms with E-state index in [1.54, 1.807) is 24.3 Å². The highest BCUT2D eigenvalue weighted by atomic mass is 16.5. The lowest BCUT2D eigenvalue weighted by Crippen LogP contribution is -2.63. The SMILES string of the molecule is N#Cc1cccc(NC(=O)CC2NC(=O)CC(N3CCOCC3)N2)c1. The van der Waals surface area contributed by atoms with E-state index in [1.165, 1.54) is 0 Å². The molecule has 0 radical (unpaired) electrons. The summed E-state index contributed by atoms with van der Waals surface area (Å²) in [7, 11) is 0. The number of nitrogens with one attached hydrogen (secondary N) is 3. The molecule has 1 aromatic carbocycles. The van der Waals surface area contributed by atoms with Crippen LogP contribution in [0, 0.1) is 11.3 Å². The first-order valence-electron chi connectivity index (χ1n) is 8.31. The number of hydrogen-bond donors (Lipinski definition) is 3. The van der Waals surface area contributed by atoms with Crippen molar-refractivity contribution < 1.29 is 14.3 Å². The third-order valence-corrected chi connectivity index (χ3v) is 4.26. The molecule has 0 spiro atoms. The molecule has 2 saturated heterocycles. The Morgan fingerprint density at radius 1 is 1.40 bits per heavy atom. The summed E-state index contributed by atoms with van der Waals surface area (Å²) >= 11 is 0. The molecule has 8 heteroatoms. The van der Waals surface area contributed by atoms with Crippen LogP contribution in [0.2, 0.25) is 0 Å². The summed E-state index contributed by atoms with van der Waals surface area (Å²) in [5, 5.41) is 17.8. The molecule has 1 aromatic rings. The van der Waals surface area contributed by atoms with E-state index in [0.717, 1.165) is 13.1 Å². The monoisotopic (exact) mass is 343 g/mol. The number of nitriles is 1. The number of anilines is 1. The number of benzene rings is 1. The Morgan fingerprint density at radius 3 is 2.96 bits per heavy atom. The predicted octanol–water partition coefficient (Wildman–Crippen LogP) is -0.0192. The number of carbonyl (C=O) groups excluding carboxylic acids is 2. The van der Waals surface area contributed by atoms with Gasteiger partial charge in [0, 0.05) is 18.8 Å². The Hall–Kier alpha value is -2.47. The second-order valence-corrected chi connectivity index (χ2v) is 6.10. The van der Waals surface area contributed by atoms with Crippen molar-refractivity contribution >= 4 is 17.5 Å². The lowest BCUT2D eigenvalue weighted by molar-refractivity contribution is -0.128. The first-order valence-corrected chi connectivity index (χ1v) is 8.31. The van der Waals surface area contributed by atoms with Gasteiger partial charge in [-0.15, -0.1) is 0 Å². The molecule has 3 rings (SSSR count). The molecule has 2 unspecified atom stereocenters. The van der Waals surface area contributed by atoms with Crippen LogP contribution < -0.4 is 16.0 Å². The number of ether oxygens (including phenoxy) is 1. The molecule has 2 fully saturated rings. The smallest absolute Gasteiger partial charge is 0.227 e. The minimum Gasteiger partial charge on any atom is -0.379 e. The summed E-state index contributed by atoms with van der Waals surface area (Å²) < 4.78 is 5.34. The zero-order valence-corrected chi connectivity index (χ0v) is 13.8. The summed E-state index contributed by atoms with van der Waals surface area (Å²) in [6.07, 6.45) is -0.0308. The summed E-state index contributed by atoms with van der Waals surface area (Å²) in [6.45, 7) is 2.84. The zero-order chi connectivity index (χ0) is 17.6. The molecular formula is C17H21N5O3. The molecule has 25 heavy (non-hydrogen) atoms. The second-order valence-electron chi connectivity index (χ2n) is 6.10. The largest absolute Gasteiger partial charge is 0.379 e. The van der Waals surface area contributed by atoms with E-state index in [2.05, 4.69) is 20.9 Å². The van der Waals surface area contributed by atoms with Crippen molar-refractivity contribution in [3.05, 3.63) is 29.8 Å². The van der Waals surface area contributed by atoms with Crippen molar-refractivity contribution in [2.24, 2.45) is 0 Å². The van der Waals surface area contributed by atoms with E-state index in [4.69, 9.17) is 10.00 Å². The van der Waals surface area contributed by atoms with Gasteiger partial charge in [0.05, 0.1) is 50.0 Å². The van der Waals surface area contributed by atoms with Crippen LogP contribution in [0.3, 0.4) is 0 Å². The zero-order valence-electron chi connectivity index (χ0n) is 13.8. The van der Waals surface area contributed by atoms with Gasteiger partial charge in [0.1, 0.15) is 0 Å². The molecule has 2 heterocycles. The highest BCUT2D eigenvalue weighted by Gasteiger charge is 2.31. The Kier molecular flexibility index (Phi) is 5.60. The number of amides is 2. The van der Waals surface area contributed by atoms with E-state index in [0.29, 0.717) is 30.9 Å². The lowest BCUT2D eigenvalue weighted by atomic mass is 10.1. The molecule has 8 nitrogen and oxygen atoms in total. The van der Waals surface area contributed by atoms with Gasteiger partial charge in [-0.05, 0) is 18.2 Å². The van der Waals surface area contributed by atoms with Gasteiger partial charge in [-0.2, -0.15) is 5.26 Å². The van der Waals surface area contributed by atoms with E-state index in [1.807, 2.05) is 6.07 Å². The maximum absolute atomic E-state index is 12.3. The van der Waals surface area contributed by atoms with Crippen molar-refractivity contribution in [1.29, 1.82) is 5.26 Å². The Balaban J connectivity index is 1.56. The van der Waals surface area contributed by atoms with Crippen LogP contribution in [0.4, 0.5) is 5.69 Å². The standard InChI is InChI=1S/C17H21N5O3/c18-11-12-2-1-3-13(8-12)19-16(23)9-14-20-15(10-17(24)21-14)22-4-6-25-7-5-22/h1-3,8,14-15,20H,4-7,9-10H2,(H,19,23)(H,21,24). The summed E-state index contributed by atoms with van der Waals surface area (Å²) in [6, 6.07) is 8.75. The fourth-order valence-corrected chi connectivity index (χ4v) is 3.06. The molecule has 0 aromatic heterocycles. The third kappa shape index (κ3) is 4.76. The van der Waals surface area contributed by atoms with Crippen molar-refractivity contribution in [2.45, 2.75) is 25.2 Å². The first-order chi connectivity index (χ1) is 12.1. The van der Waals surface area contributed by atoms with Crippen LogP contribution >= 0.6 is 0 Å². The number of nitrogens with zero attached hydrogens (tertiary/aromatic N) is 2. The first kappa shape index (κ1) is 17.4. The lowest BCUT2D eigenvalue weighted by Gasteiger charge is -2.40. The summed E-state index contributed by atoms with van der Waals surface area (Å²) in [4.78, 5) is 26.4. The second kappa shape index (κ2) is 8.07. The molecular weight excluding hydrogens is 322 g/mol. The molecule has 0 bridgehead atoms. The number of rotatable bonds is 4. The topological polar surface area (TPSA) is 106 Å². The average Bonchev–Trinajstić information content (AvgIpc) is 2.62. The number of morpholine rings is 1. The minimum atomic E-state index is -0.423. The van der Waals surface area contributed by atoms with Gasteiger partial charge < -0.3 is 15.4 Å². The van der Waals surface area contributed by atoms with Gasteiger partial charge in [0.2, 0.25) is 11.8 Å². The molecule has 2 aliphatic rings. The van der Waals surface area contributed by atoms with Gasteiger partial charge in [0.25, 0.3) is 0 Å². The van der Waals surface area contributed by atoms with Crippen LogP contribution in [0.5, 0.6) is 0 Å². The quantitative estimate of drug-likeness (QED) is 0.709. The fraction of sp³-hybridized carbons (Fsp3) is 0.471. The van der Waals surface area contributed by atoms with E-state index in [9.17, 15) is 9.59 Å². The van der Waals surface area contributed by atoms with Gasteiger partial charge in [-0.3, -0.25) is 19.8 Å². The van der Waals surface area contributed by atoms with Crippen molar-refractivity contribution in [3.63, 3.8) is 0 Å². The van der Waals surface area contributed by atoms with Crippen molar-refractivity contribution in [1.82, 2.24) is 15.5 Å². The van der Waals surface area contributed by atoms with E-state index in [-0.39, 0.29) is 24.4 Å². The Bertz CT molecular complexity index is 681. The van der Waals surface area contributed by atoms with Crippen molar-refractivity contribution in [3.8, 4) is 6.07 Å². The molecule has 0 aliphatic carbocycles. The van der Waals surface area contributed by atoms with Gasteiger partial charge in [-0.1, -0.05) is 6.07 Å². The van der Waals surface area contributed by atoms with E-state index < -0.39 is 6.17 Å². The maximum atomic E-state index is 12.3. The van der Waals surface area contributed by atoms with Gasteiger partial charge in [0.15, 0.2) is 0 Å². The van der Waals surface area contributed by atoms with E-state index >= 15 is 0 Å². The molecule has 0 saturated carbocycles. The highest BCUT2D eigenvalue weighted by molar-refractivity contribution is 5.91. The molecule has 132 valence electrons. The highest BCUT2D eigenvalue weighted by Crippen LogP contribution is 2.13. The minimum absolute atomic E-state index is 0.0699. The number of carbonyl (C=O) groups is 2. The van der Waals surface area contributed by atoms with Crippen molar-refractivity contribution in [2.75, 3.05) is 31.6 Å². The van der Waals surface area contributed by atoms with Gasteiger partial charge >= 0.3 is 0 Å². The van der Waals surface area contributed by atoms with Crippen LogP contribution in [0.25, 0.3) is 0 Å². The maximum Gasteiger partial charge on any atom is 0.227 e. The summed E-state index contributed by atoms with van der Waals surface area (Å²) in [5.74, 6) is -0.296. The molecule has 2 aliphatic heterocycles.